The average molecular weight is 212 g/mol. The number of carbonyl (C=O) groups is 1. The van der Waals surface area contributed by atoms with Gasteiger partial charge in [0.1, 0.15) is 0 Å². The summed E-state index contributed by atoms with van der Waals surface area (Å²) in [6, 6.07) is 0.586. The zero-order valence-corrected chi connectivity index (χ0v) is 9.68. The molecular formula is C11H20N2O2. The van der Waals surface area contributed by atoms with Gasteiger partial charge in [0, 0.05) is 31.8 Å². The van der Waals surface area contributed by atoms with E-state index < -0.39 is 5.97 Å². The second-order valence-corrected chi connectivity index (χ2v) is 4.47. The highest BCUT2D eigenvalue weighted by atomic mass is 16.4. The standard InChI is InChI=1S/C11H20N2O2/c1-9-7-13(6-4-5-11(14)15)8-10(9)12(2)3/h4-5,9-10H,6-8H2,1-3H3,(H,14,15)/b5-4+. The number of hydrogen-bond donors (Lipinski definition) is 1. The number of carboxylic acids is 1. The lowest BCUT2D eigenvalue weighted by atomic mass is 10.1. The van der Waals surface area contributed by atoms with E-state index in [-0.39, 0.29) is 0 Å². The number of nitrogens with zero attached hydrogens (tertiary/aromatic N) is 2. The van der Waals surface area contributed by atoms with Gasteiger partial charge in [0.2, 0.25) is 0 Å². The molecule has 2 atom stereocenters. The van der Waals surface area contributed by atoms with Gasteiger partial charge in [0.15, 0.2) is 0 Å². The van der Waals surface area contributed by atoms with Crippen LogP contribution in [-0.2, 0) is 4.79 Å². The maximum absolute atomic E-state index is 10.3. The van der Waals surface area contributed by atoms with Crippen molar-refractivity contribution in [2.75, 3.05) is 33.7 Å². The van der Waals surface area contributed by atoms with Crippen molar-refractivity contribution in [3.63, 3.8) is 0 Å². The van der Waals surface area contributed by atoms with Gasteiger partial charge in [0.05, 0.1) is 0 Å². The zero-order chi connectivity index (χ0) is 11.4. The van der Waals surface area contributed by atoms with E-state index in [4.69, 9.17) is 5.11 Å². The van der Waals surface area contributed by atoms with Crippen molar-refractivity contribution < 1.29 is 9.90 Å². The van der Waals surface area contributed by atoms with Gasteiger partial charge in [-0.15, -0.1) is 0 Å². The van der Waals surface area contributed by atoms with E-state index in [2.05, 4.69) is 30.8 Å². The first kappa shape index (κ1) is 12.2. The Balaban J connectivity index is 2.38. The fourth-order valence-corrected chi connectivity index (χ4v) is 2.17. The highest BCUT2D eigenvalue weighted by Gasteiger charge is 2.29. The molecule has 0 aromatic carbocycles. The Kier molecular flexibility index (Phi) is 4.29. The van der Waals surface area contributed by atoms with Crippen LogP contribution in [-0.4, -0.2) is 60.6 Å². The number of aliphatic carboxylic acids is 1. The van der Waals surface area contributed by atoms with Crippen molar-refractivity contribution in [1.29, 1.82) is 0 Å². The van der Waals surface area contributed by atoms with Gasteiger partial charge in [-0.05, 0) is 20.0 Å². The Labute approximate surface area is 91.2 Å². The second-order valence-electron chi connectivity index (χ2n) is 4.47. The first-order valence-corrected chi connectivity index (χ1v) is 5.29. The molecule has 0 spiro atoms. The molecule has 1 aliphatic rings. The number of carboxylic acid groups (broad SMARTS) is 1. The first-order valence-electron chi connectivity index (χ1n) is 5.29. The summed E-state index contributed by atoms with van der Waals surface area (Å²) >= 11 is 0. The van der Waals surface area contributed by atoms with Gasteiger partial charge in [-0.1, -0.05) is 13.0 Å². The van der Waals surface area contributed by atoms with Gasteiger partial charge >= 0.3 is 5.97 Å². The molecule has 1 saturated heterocycles. The largest absolute Gasteiger partial charge is 0.478 e. The summed E-state index contributed by atoms with van der Waals surface area (Å²) in [5, 5.41) is 8.47. The molecular weight excluding hydrogens is 192 g/mol. The predicted octanol–water partition coefficient (Wildman–Crippen LogP) is 0.509. The van der Waals surface area contributed by atoms with Gasteiger partial charge in [-0.25, -0.2) is 4.79 Å². The van der Waals surface area contributed by atoms with E-state index >= 15 is 0 Å². The van der Waals surface area contributed by atoms with Crippen LogP contribution in [0, 0.1) is 5.92 Å². The highest BCUT2D eigenvalue weighted by Crippen LogP contribution is 2.19. The molecule has 0 radical (unpaired) electrons. The third kappa shape index (κ3) is 3.64. The zero-order valence-electron chi connectivity index (χ0n) is 9.68. The molecule has 0 bridgehead atoms. The third-order valence-corrected chi connectivity index (χ3v) is 2.94. The summed E-state index contributed by atoms with van der Waals surface area (Å²) in [5.74, 6) is -0.218. The molecule has 0 aliphatic carbocycles. The van der Waals surface area contributed by atoms with Crippen LogP contribution >= 0.6 is 0 Å². The molecule has 0 amide bonds. The summed E-state index contributed by atoms with van der Waals surface area (Å²) in [7, 11) is 4.19. The van der Waals surface area contributed by atoms with Crippen LogP contribution < -0.4 is 0 Å². The van der Waals surface area contributed by atoms with Crippen molar-refractivity contribution in [2.45, 2.75) is 13.0 Å². The topological polar surface area (TPSA) is 43.8 Å². The average Bonchev–Trinajstić information content (AvgIpc) is 2.46. The van der Waals surface area contributed by atoms with Gasteiger partial charge in [-0.2, -0.15) is 0 Å². The SMILES string of the molecule is CC1CN(C/C=C/C(=O)O)CC1N(C)C. The Morgan fingerprint density at radius 3 is 2.67 bits per heavy atom. The van der Waals surface area contributed by atoms with Crippen molar-refractivity contribution in [3.05, 3.63) is 12.2 Å². The van der Waals surface area contributed by atoms with E-state index in [0.717, 1.165) is 19.6 Å². The van der Waals surface area contributed by atoms with E-state index in [9.17, 15) is 4.79 Å². The summed E-state index contributed by atoms with van der Waals surface area (Å²) in [6.07, 6.45) is 2.93. The van der Waals surface area contributed by atoms with Crippen LogP contribution in [0.15, 0.2) is 12.2 Å². The van der Waals surface area contributed by atoms with Crippen LogP contribution in [0.4, 0.5) is 0 Å². The number of rotatable bonds is 4. The van der Waals surface area contributed by atoms with Crippen molar-refractivity contribution in [2.24, 2.45) is 5.92 Å². The fraction of sp³-hybridized carbons (Fsp3) is 0.727. The molecule has 15 heavy (non-hydrogen) atoms. The minimum Gasteiger partial charge on any atom is -0.478 e. The van der Waals surface area contributed by atoms with Gasteiger partial charge in [-0.3, -0.25) is 4.90 Å². The van der Waals surface area contributed by atoms with Crippen LogP contribution in [0.25, 0.3) is 0 Å². The van der Waals surface area contributed by atoms with Crippen LogP contribution in [0.1, 0.15) is 6.92 Å². The molecule has 1 fully saturated rings. The lowest BCUT2D eigenvalue weighted by Gasteiger charge is -2.22. The molecule has 4 heteroatoms. The summed E-state index contributed by atoms with van der Waals surface area (Å²) in [6.45, 7) is 5.05. The molecule has 4 nitrogen and oxygen atoms in total. The fourth-order valence-electron chi connectivity index (χ4n) is 2.17. The lowest BCUT2D eigenvalue weighted by molar-refractivity contribution is -0.131. The molecule has 1 rings (SSSR count). The van der Waals surface area contributed by atoms with Gasteiger partial charge in [0.25, 0.3) is 0 Å². The molecule has 2 unspecified atom stereocenters. The second kappa shape index (κ2) is 5.28. The lowest BCUT2D eigenvalue weighted by Crippen LogP contribution is -2.34. The van der Waals surface area contributed by atoms with Crippen LogP contribution in [0.3, 0.4) is 0 Å². The summed E-state index contributed by atoms with van der Waals surface area (Å²) in [4.78, 5) is 14.8. The van der Waals surface area contributed by atoms with E-state index in [1.54, 1.807) is 6.08 Å². The van der Waals surface area contributed by atoms with E-state index in [0.29, 0.717) is 12.0 Å². The number of likely N-dealkylation sites (N-methyl/N-ethyl adjacent to an activating group) is 1. The third-order valence-electron chi connectivity index (χ3n) is 2.94. The molecule has 0 aromatic heterocycles. The first-order chi connectivity index (χ1) is 7.00. The van der Waals surface area contributed by atoms with Crippen LogP contribution in [0.5, 0.6) is 0 Å². The van der Waals surface area contributed by atoms with Gasteiger partial charge < -0.3 is 10.0 Å². The monoisotopic (exact) mass is 212 g/mol. The minimum atomic E-state index is -0.869. The summed E-state index contributed by atoms with van der Waals surface area (Å²) in [5.41, 5.74) is 0. The Hall–Kier alpha value is -0.870. The molecule has 1 aliphatic heterocycles. The summed E-state index contributed by atoms with van der Waals surface area (Å²) < 4.78 is 0. The number of hydrogen-bond acceptors (Lipinski definition) is 3. The predicted molar refractivity (Wildman–Crippen MR) is 59.9 cm³/mol. The smallest absolute Gasteiger partial charge is 0.328 e. The van der Waals surface area contributed by atoms with Crippen LogP contribution in [0.2, 0.25) is 0 Å². The maximum Gasteiger partial charge on any atom is 0.328 e. The quantitative estimate of drug-likeness (QED) is 0.690. The molecule has 1 heterocycles. The van der Waals surface area contributed by atoms with Crippen molar-refractivity contribution in [3.8, 4) is 0 Å². The molecule has 0 saturated carbocycles. The van der Waals surface area contributed by atoms with Crippen molar-refractivity contribution >= 4 is 5.97 Å². The maximum atomic E-state index is 10.3. The normalized spacial score (nSPS) is 28.0. The molecule has 86 valence electrons. The highest BCUT2D eigenvalue weighted by molar-refractivity contribution is 5.79. The Morgan fingerprint density at radius 2 is 2.20 bits per heavy atom. The Bertz CT molecular complexity index is 251. The molecule has 0 aromatic rings. The number of likely N-dealkylation sites (tertiary alicyclic amines) is 1. The minimum absolute atomic E-state index is 0.586. The Morgan fingerprint density at radius 1 is 1.53 bits per heavy atom. The van der Waals surface area contributed by atoms with Crippen molar-refractivity contribution in [1.82, 2.24) is 9.80 Å². The molecule has 1 N–H and O–H groups in total. The van der Waals surface area contributed by atoms with E-state index in [1.807, 2.05) is 0 Å². The van der Waals surface area contributed by atoms with E-state index in [1.165, 1.54) is 6.08 Å².